The summed E-state index contributed by atoms with van der Waals surface area (Å²) in [7, 11) is 0. The quantitative estimate of drug-likeness (QED) is 0.444. The van der Waals surface area contributed by atoms with E-state index in [0.29, 0.717) is 6.61 Å². The molecule has 0 N–H and O–H groups in total. The molecular formula is C9H10FNO3S. The third kappa shape index (κ3) is 3.39. The van der Waals surface area contributed by atoms with E-state index in [4.69, 9.17) is 4.74 Å². The van der Waals surface area contributed by atoms with Crippen LogP contribution in [0.2, 0.25) is 0 Å². The van der Waals surface area contributed by atoms with Gasteiger partial charge in [0.2, 0.25) is 0 Å². The van der Waals surface area contributed by atoms with E-state index in [9.17, 15) is 14.5 Å². The predicted octanol–water partition coefficient (Wildman–Crippen LogP) is 2.48. The Kier molecular flexibility index (Phi) is 4.36. The molecule has 0 aromatic heterocycles. The third-order valence-electron chi connectivity index (χ3n) is 1.67. The molecule has 1 aromatic carbocycles. The zero-order valence-corrected chi connectivity index (χ0v) is 8.92. The molecule has 1 aromatic rings. The zero-order valence-electron chi connectivity index (χ0n) is 8.10. The summed E-state index contributed by atoms with van der Waals surface area (Å²) in [6, 6.07) is 3.35. The van der Waals surface area contributed by atoms with Gasteiger partial charge in [0.05, 0.1) is 17.6 Å². The second kappa shape index (κ2) is 5.55. The van der Waals surface area contributed by atoms with Crippen LogP contribution >= 0.6 is 11.8 Å². The molecule has 0 amide bonds. The van der Waals surface area contributed by atoms with Crippen LogP contribution in [0.25, 0.3) is 0 Å². The highest BCUT2D eigenvalue weighted by atomic mass is 32.2. The first-order valence-electron chi connectivity index (χ1n) is 4.21. The van der Waals surface area contributed by atoms with Gasteiger partial charge in [0.15, 0.2) is 11.6 Å². The first kappa shape index (κ1) is 11.8. The molecule has 6 heteroatoms. The number of hydrogen-bond donors (Lipinski definition) is 0. The fraction of sp³-hybridized carbons (Fsp3) is 0.333. The Bertz CT molecular complexity index is 359. The smallest absolute Gasteiger partial charge is 0.272 e. The zero-order chi connectivity index (χ0) is 11.3. The van der Waals surface area contributed by atoms with E-state index in [0.717, 1.165) is 11.8 Å². The fourth-order valence-electron chi connectivity index (χ4n) is 0.955. The molecule has 0 unspecified atom stereocenters. The molecule has 0 bridgehead atoms. The molecule has 1 rings (SSSR count). The topological polar surface area (TPSA) is 52.4 Å². The molecule has 0 fully saturated rings. The van der Waals surface area contributed by atoms with E-state index in [2.05, 4.69) is 0 Å². The van der Waals surface area contributed by atoms with Crippen molar-refractivity contribution in [1.29, 1.82) is 0 Å². The van der Waals surface area contributed by atoms with Gasteiger partial charge in [-0.3, -0.25) is 10.1 Å². The van der Waals surface area contributed by atoms with Crippen LogP contribution in [0, 0.1) is 15.9 Å². The molecule has 0 atom stereocenters. The van der Waals surface area contributed by atoms with E-state index in [1.165, 1.54) is 12.1 Å². The largest absolute Gasteiger partial charge is 0.490 e. The minimum absolute atomic E-state index is 0.0506. The van der Waals surface area contributed by atoms with Crippen molar-refractivity contribution in [3.05, 3.63) is 34.1 Å². The van der Waals surface area contributed by atoms with Gasteiger partial charge >= 0.3 is 0 Å². The average molecular weight is 231 g/mol. The van der Waals surface area contributed by atoms with Gasteiger partial charge < -0.3 is 4.74 Å². The van der Waals surface area contributed by atoms with E-state index in [-0.39, 0.29) is 11.4 Å². The number of halogens is 1. The summed E-state index contributed by atoms with van der Waals surface area (Å²) in [4.78, 5) is 9.68. The lowest BCUT2D eigenvalue weighted by Crippen LogP contribution is -2.01. The number of hydrogen-bond acceptors (Lipinski definition) is 4. The monoisotopic (exact) mass is 231 g/mol. The molecule has 0 spiro atoms. The summed E-state index contributed by atoms with van der Waals surface area (Å²) >= 11 is 1.58. The van der Waals surface area contributed by atoms with Crippen LogP contribution in [0.15, 0.2) is 18.2 Å². The molecular weight excluding hydrogens is 221 g/mol. The Hall–Kier alpha value is -1.30. The number of nitrogens with zero attached hydrogens (tertiary/aromatic N) is 1. The molecule has 0 aliphatic rings. The molecule has 4 nitrogen and oxygen atoms in total. The first-order chi connectivity index (χ1) is 7.15. The van der Waals surface area contributed by atoms with Crippen molar-refractivity contribution in [2.24, 2.45) is 0 Å². The van der Waals surface area contributed by atoms with Crippen LogP contribution < -0.4 is 4.74 Å². The molecule has 0 saturated carbocycles. The van der Waals surface area contributed by atoms with E-state index in [1.54, 1.807) is 11.8 Å². The lowest BCUT2D eigenvalue weighted by molar-refractivity contribution is -0.385. The van der Waals surface area contributed by atoms with Crippen LogP contribution in [0.3, 0.4) is 0 Å². The second-order valence-electron chi connectivity index (χ2n) is 2.71. The Balaban J connectivity index is 2.70. The van der Waals surface area contributed by atoms with Gasteiger partial charge in [-0.15, -0.1) is 0 Å². The molecule has 0 heterocycles. The van der Waals surface area contributed by atoms with Crippen LogP contribution in [0.5, 0.6) is 5.75 Å². The Morgan fingerprint density at radius 1 is 1.60 bits per heavy atom. The predicted molar refractivity (Wildman–Crippen MR) is 56.9 cm³/mol. The Morgan fingerprint density at radius 3 is 2.87 bits per heavy atom. The van der Waals surface area contributed by atoms with Crippen LogP contribution in [0.4, 0.5) is 10.1 Å². The van der Waals surface area contributed by atoms with Gasteiger partial charge in [-0.25, -0.2) is 4.39 Å². The first-order valence-corrected chi connectivity index (χ1v) is 5.60. The number of nitro benzene ring substituents is 1. The van der Waals surface area contributed by atoms with Crippen LogP contribution in [-0.4, -0.2) is 23.5 Å². The molecule has 0 aliphatic heterocycles. The number of ether oxygens (including phenoxy) is 1. The van der Waals surface area contributed by atoms with Crippen molar-refractivity contribution >= 4 is 17.4 Å². The normalized spacial score (nSPS) is 10.0. The summed E-state index contributed by atoms with van der Waals surface area (Å²) < 4.78 is 18.3. The van der Waals surface area contributed by atoms with E-state index in [1.807, 2.05) is 6.26 Å². The molecule has 0 saturated heterocycles. The maximum Gasteiger partial charge on any atom is 0.272 e. The summed E-state index contributed by atoms with van der Waals surface area (Å²) in [5.41, 5.74) is -0.273. The van der Waals surface area contributed by atoms with Gasteiger partial charge in [0.1, 0.15) is 0 Å². The number of nitro groups is 1. The maximum atomic E-state index is 13.2. The minimum atomic E-state index is -0.703. The molecule has 0 radical (unpaired) electrons. The van der Waals surface area contributed by atoms with Crippen molar-refractivity contribution < 1.29 is 14.1 Å². The molecule has 0 aliphatic carbocycles. The number of non-ortho nitro benzene ring substituents is 1. The highest BCUT2D eigenvalue weighted by Gasteiger charge is 2.10. The third-order valence-corrected chi connectivity index (χ3v) is 2.25. The number of benzene rings is 1. The number of rotatable bonds is 5. The van der Waals surface area contributed by atoms with E-state index >= 15 is 0 Å². The Labute approximate surface area is 90.6 Å². The summed E-state index contributed by atoms with van der Waals surface area (Å²) in [5.74, 6) is 0.0936. The van der Waals surface area contributed by atoms with Crippen molar-refractivity contribution in [1.82, 2.24) is 0 Å². The van der Waals surface area contributed by atoms with Gasteiger partial charge in [-0.2, -0.15) is 11.8 Å². The van der Waals surface area contributed by atoms with Gasteiger partial charge in [0.25, 0.3) is 5.69 Å². The van der Waals surface area contributed by atoms with Crippen LogP contribution in [0.1, 0.15) is 0 Å². The number of thioether (sulfide) groups is 1. The molecule has 15 heavy (non-hydrogen) atoms. The average Bonchev–Trinajstić information content (AvgIpc) is 2.20. The van der Waals surface area contributed by atoms with Gasteiger partial charge in [-0.05, 0) is 12.3 Å². The summed E-state index contributed by atoms with van der Waals surface area (Å²) in [6.07, 6.45) is 1.91. The fourth-order valence-corrected chi connectivity index (χ4v) is 1.21. The van der Waals surface area contributed by atoms with Gasteiger partial charge in [0, 0.05) is 11.8 Å². The highest BCUT2D eigenvalue weighted by Crippen LogP contribution is 2.22. The maximum absolute atomic E-state index is 13.2. The van der Waals surface area contributed by atoms with E-state index < -0.39 is 10.7 Å². The lowest BCUT2D eigenvalue weighted by Gasteiger charge is -2.05. The lowest BCUT2D eigenvalue weighted by atomic mass is 10.3. The summed E-state index contributed by atoms with van der Waals surface area (Å²) in [6.45, 7) is 0.385. The van der Waals surface area contributed by atoms with Crippen molar-refractivity contribution in [2.75, 3.05) is 18.6 Å². The van der Waals surface area contributed by atoms with Crippen LogP contribution in [-0.2, 0) is 0 Å². The molecule has 82 valence electrons. The van der Waals surface area contributed by atoms with Crippen molar-refractivity contribution in [3.63, 3.8) is 0 Å². The SMILES string of the molecule is CSCCOc1ccc([N+](=O)[O-])cc1F. The summed E-state index contributed by atoms with van der Waals surface area (Å²) in [5, 5.41) is 10.3. The Morgan fingerprint density at radius 2 is 2.33 bits per heavy atom. The van der Waals surface area contributed by atoms with Crippen molar-refractivity contribution in [3.8, 4) is 5.75 Å². The van der Waals surface area contributed by atoms with Crippen molar-refractivity contribution in [2.45, 2.75) is 0 Å². The second-order valence-corrected chi connectivity index (χ2v) is 3.70. The standard InChI is InChI=1S/C9H10FNO3S/c1-15-5-4-14-9-3-2-7(11(12)13)6-8(9)10/h2-3,6H,4-5H2,1H3. The minimum Gasteiger partial charge on any atom is -0.490 e. The highest BCUT2D eigenvalue weighted by molar-refractivity contribution is 7.98. The van der Waals surface area contributed by atoms with Gasteiger partial charge in [-0.1, -0.05) is 0 Å².